The van der Waals surface area contributed by atoms with Gasteiger partial charge in [0.15, 0.2) is 0 Å². The minimum absolute atomic E-state index is 0.0951. The molecule has 1 heterocycles. The number of pyridine rings is 1. The zero-order chi connectivity index (χ0) is 16.4. The van der Waals surface area contributed by atoms with Gasteiger partial charge in [-0.15, -0.1) is 0 Å². The molecule has 0 radical (unpaired) electrons. The molecule has 0 atom stereocenters. The van der Waals surface area contributed by atoms with Crippen LogP contribution in [0.4, 0.5) is 17.2 Å². The summed E-state index contributed by atoms with van der Waals surface area (Å²) < 4.78 is 0. The van der Waals surface area contributed by atoms with Crippen molar-refractivity contribution in [1.82, 2.24) is 4.98 Å². The Kier molecular flexibility index (Phi) is 3.92. The Hall–Kier alpha value is -2.96. The summed E-state index contributed by atoms with van der Waals surface area (Å²) in [7, 11) is 0. The van der Waals surface area contributed by atoms with Crippen molar-refractivity contribution in [1.29, 1.82) is 0 Å². The Morgan fingerprint density at radius 1 is 1.35 bits per heavy atom. The molecule has 1 aromatic carbocycles. The third-order valence-electron chi connectivity index (χ3n) is 3.63. The SMILES string of the molecule is Cc1cccnc1NC(=O)c1ccc(NC2CC2)c([N+](=O)[O-])c1. The molecular formula is C16H16N4O3. The smallest absolute Gasteiger partial charge is 0.293 e. The number of carbonyl (C=O) groups excluding carboxylic acids is 1. The molecule has 1 fully saturated rings. The van der Waals surface area contributed by atoms with Crippen LogP contribution in [-0.4, -0.2) is 21.9 Å². The number of anilines is 2. The van der Waals surface area contributed by atoms with Gasteiger partial charge in [-0.2, -0.15) is 0 Å². The van der Waals surface area contributed by atoms with Gasteiger partial charge in [-0.05, 0) is 43.5 Å². The predicted octanol–water partition coefficient (Wildman–Crippen LogP) is 3.12. The number of nitrogens with zero attached hydrogens (tertiary/aromatic N) is 2. The summed E-state index contributed by atoms with van der Waals surface area (Å²) >= 11 is 0. The van der Waals surface area contributed by atoms with Crippen LogP contribution in [0.15, 0.2) is 36.5 Å². The van der Waals surface area contributed by atoms with Crippen LogP contribution in [0.25, 0.3) is 0 Å². The monoisotopic (exact) mass is 312 g/mol. The maximum atomic E-state index is 12.3. The molecule has 2 aromatic rings. The number of nitro groups is 1. The van der Waals surface area contributed by atoms with Crippen LogP contribution in [-0.2, 0) is 0 Å². The Bertz CT molecular complexity index is 772. The van der Waals surface area contributed by atoms with E-state index in [9.17, 15) is 14.9 Å². The number of nitro benzene ring substituents is 1. The molecule has 2 N–H and O–H groups in total. The lowest BCUT2D eigenvalue weighted by molar-refractivity contribution is -0.384. The first kappa shape index (κ1) is 15.0. The Morgan fingerprint density at radius 3 is 2.78 bits per heavy atom. The third kappa shape index (κ3) is 3.45. The van der Waals surface area contributed by atoms with Gasteiger partial charge in [0.05, 0.1) is 4.92 Å². The number of benzene rings is 1. The molecule has 1 saturated carbocycles. The quantitative estimate of drug-likeness (QED) is 0.653. The molecule has 7 heteroatoms. The van der Waals surface area contributed by atoms with Gasteiger partial charge in [-0.3, -0.25) is 14.9 Å². The fraction of sp³-hybridized carbons (Fsp3) is 0.250. The number of aromatic nitrogens is 1. The zero-order valence-electron chi connectivity index (χ0n) is 12.6. The highest BCUT2D eigenvalue weighted by atomic mass is 16.6. The van der Waals surface area contributed by atoms with Crippen LogP contribution in [0.5, 0.6) is 0 Å². The molecule has 1 amide bonds. The van der Waals surface area contributed by atoms with Crippen molar-refractivity contribution in [2.24, 2.45) is 0 Å². The topological polar surface area (TPSA) is 97.2 Å². The molecule has 23 heavy (non-hydrogen) atoms. The van der Waals surface area contributed by atoms with E-state index in [0.29, 0.717) is 17.5 Å². The molecule has 1 aromatic heterocycles. The van der Waals surface area contributed by atoms with Crippen molar-refractivity contribution < 1.29 is 9.72 Å². The normalized spacial score (nSPS) is 13.4. The van der Waals surface area contributed by atoms with Gasteiger partial charge in [0.2, 0.25) is 0 Å². The zero-order valence-corrected chi connectivity index (χ0v) is 12.6. The van der Waals surface area contributed by atoms with Crippen molar-refractivity contribution >= 4 is 23.1 Å². The maximum absolute atomic E-state index is 12.3. The van der Waals surface area contributed by atoms with E-state index in [2.05, 4.69) is 15.6 Å². The summed E-state index contributed by atoms with van der Waals surface area (Å²) in [5.74, 6) is 0.0215. The minimum Gasteiger partial charge on any atom is -0.377 e. The van der Waals surface area contributed by atoms with Gasteiger partial charge in [0, 0.05) is 23.9 Å². The van der Waals surface area contributed by atoms with Gasteiger partial charge in [-0.25, -0.2) is 4.98 Å². The molecule has 7 nitrogen and oxygen atoms in total. The van der Waals surface area contributed by atoms with E-state index in [0.717, 1.165) is 18.4 Å². The molecular weight excluding hydrogens is 296 g/mol. The lowest BCUT2D eigenvalue weighted by Gasteiger charge is -2.09. The average Bonchev–Trinajstić information content (AvgIpc) is 3.33. The average molecular weight is 312 g/mol. The number of carbonyl (C=O) groups is 1. The van der Waals surface area contributed by atoms with Crippen molar-refractivity contribution in [3.8, 4) is 0 Å². The van der Waals surface area contributed by atoms with Crippen LogP contribution >= 0.6 is 0 Å². The number of rotatable bonds is 5. The van der Waals surface area contributed by atoms with Crippen molar-refractivity contribution in [3.05, 3.63) is 57.8 Å². The number of aryl methyl sites for hydroxylation is 1. The van der Waals surface area contributed by atoms with Gasteiger partial charge in [0.25, 0.3) is 11.6 Å². The molecule has 1 aliphatic carbocycles. The Morgan fingerprint density at radius 2 is 2.13 bits per heavy atom. The molecule has 0 bridgehead atoms. The van der Waals surface area contributed by atoms with Crippen molar-refractivity contribution in [2.45, 2.75) is 25.8 Å². The number of hydrogen-bond acceptors (Lipinski definition) is 5. The van der Waals surface area contributed by atoms with Crippen LogP contribution < -0.4 is 10.6 Å². The molecule has 0 spiro atoms. The van der Waals surface area contributed by atoms with Gasteiger partial charge < -0.3 is 10.6 Å². The van der Waals surface area contributed by atoms with Gasteiger partial charge >= 0.3 is 0 Å². The highest BCUT2D eigenvalue weighted by Gasteiger charge is 2.25. The van der Waals surface area contributed by atoms with Crippen molar-refractivity contribution in [2.75, 3.05) is 10.6 Å². The lowest BCUT2D eigenvalue weighted by atomic mass is 10.1. The largest absolute Gasteiger partial charge is 0.377 e. The second kappa shape index (κ2) is 6.04. The number of hydrogen-bond donors (Lipinski definition) is 2. The van der Waals surface area contributed by atoms with E-state index >= 15 is 0 Å². The van der Waals surface area contributed by atoms with Gasteiger partial charge in [-0.1, -0.05) is 6.07 Å². The lowest BCUT2D eigenvalue weighted by Crippen LogP contribution is -2.14. The molecule has 0 saturated heterocycles. The summed E-state index contributed by atoms with van der Waals surface area (Å²) in [5.41, 5.74) is 1.40. The second-order valence-electron chi connectivity index (χ2n) is 5.53. The Balaban J connectivity index is 1.84. The van der Waals surface area contributed by atoms with E-state index in [4.69, 9.17) is 0 Å². The van der Waals surface area contributed by atoms with E-state index in [1.165, 1.54) is 6.07 Å². The summed E-state index contributed by atoms with van der Waals surface area (Å²) in [5, 5.41) is 17.0. The fourth-order valence-electron chi connectivity index (χ4n) is 2.19. The van der Waals surface area contributed by atoms with Crippen LogP contribution in [0.1, 0.15) is 28.8 Å². The van der Waals surface area contributed by atoms with E-state index in [1.807, 2.05) is 13.0 Å². The van der Waals surface area contributed by atoms with E-state index < -0.39 is 10.8 Å². The summed E-state index contributed by atoms with van der Waals surface area (Å²) in [4.78, 5) is 27.1. The highest BCUT2D eigenvalue weighted by Crippen LogP contribution is 2.31. The first-order valence-electron chi connectivity index (χ1n) is 7.32. The first-order valence-corrected chi connectivity index (χ1v) is 7.32. The molecule has 1 aliphatic rings. The summed E-state index contributed by atoms with van der Waals surface area (Å²) in [6.07, 6.45) is 3.60. The number of amides is 1. The highest BCUT2D eigenvalue weighted by molar-refractivity contribution is 6.04. The standard InChI is InChI=1S/C16H16N4O3/c1-10-3-2-8-17-15(10)19-16(21)11-4-7-13(18-12-5-6-12)14(9-11)20(22)23/h2-4,7-9,12,18H,5-6H2,1H3,(H,17,19,21). The van der Waals surface area contributed by atoms with Crippen LogP contribution in [0, 0.1) is 17.0 Å². The molecule has 3 rings (SSSR count). The first-order chi connectivity index (χ1) is 11.0. The molecule has 118 valence electrons. The van der Waals surface area contributed by atoms with Crippen LogP contribution in [0.3, 0.4) is 0 Å². The summed E-state index contributed by atoms with van der Waals surface area (Å²) in [6.45, 7) is 1.83. The molecule has 0 unspecified atom stereocenters. The van der Waals surface area contributed by atoms with E-state index in [1.54, 1.807) is 24.4 Å². The molecule has 0 aliphatic heterocycles. The van der Waals surface area contributed by atoms with E-state index in [-0.39, 0.29) is 11.3 Å². The number of nitrogens with one attached hydrogen (secondary N) is 2. The third-order valence-corrected chi connectivity index (χ3v) is 3.63. The minimum atomic E-state index is -0.479. The fourth-order valence-corrected chi connectivity index (χ4v) is 2.19. The van der Waals surface area contributed by atoms with Crippen molar-refractivity contribution in [3.63, 3.8) is 0 Å². The maximum Gasteiger partial charge on any atom is 0.293 e. The predicted molar refractivity (Wildman–Crippen MR) is 86.7 cm³/mol. The summed E-state index contributed by atoms with van der Waals surface area (Å²) in [6, 6.07) is 8.34. The van der Waals surface area contributed by atoms with Gasteiger partial charge in [0.1, 0.15) is 11.5 Å². The second-order valence-corrected chi connectivity index (χ2v) is 5.53. The van der Waals surface area contributed by atoms with Crippen LogP contribution in [0.2, 0.25) is 0 Å². The Labute approximate surface area is 132 Å².